The van der Waals surface area contributed by atoms with Crippen molar-refractivity contribution in [2.45, 2.75) is 12.9 Å². The van der Waals surface area contributed by atoms with E-state index in [1.807, 2.05) is 0 Å². The Morgan fingerprint density at radius 2 is 1.91 bits per heavy atom. The third-order valence-corrected chi connectivity index (χ3v) is 1.56. The Labute approximate surface area is 63.5 Å². The van der Waals surface area contributed by atoms with Crippen LogP contribution in [0.4, 0.5) is 3.89 Å². The van der Waals surface area contributed by atoms with Gasteiger partial charge in [-0.05, 0) is 0 Å². The number of halogens is 1. The van der Waals surface area contributed by atoms with Crippen LogP contribution >= 0.6 is 0 Å². The smallest absolute Gasteiger partial charge is 0.324 e. The van der Waals surface area contributed by atoms with Gasteiger partial charge in [-0.2, -0.15) is 12.6 Å². The molecule has 0 aromatic heterocycles. The molecule has 0 aliphatic carbocycles. The lowest BCUT2D eigenvalue weighted by Gasteiger charge is -2.17. The van der Waals surface area contributed by atoms with Gasteiger partial charge in [-0.1, -0.05) is 3.89 Å². The fourth-order valence-corrected chi connectivity index (χ4v) is 1.18. The van der Waals surface area contributed by atoms with Gasteiger partial charge in [-0.25, -0.2) is 0 Å². The van der Waals surface area contributed by atoms with Crippen molar-refractivity contribution in [3.8, 4) is 0 Å². The van der Waals surface area contributed by atoms with Crippen LogP contribution in [0, 0.1) is 0 Å². The van der Waals surface area contributed by atoms with Gasteiger partial charge in [-0.3, -0.25) is 0 Å². The molecular weight excluding hydrogens is 179 g/mol. The first-order valence-electron chi connectivity index (χ1n) is 2.84. The molecule has 0 bridgehead atoms. The second-order valence-corrected chi connectivity index (χ2v) is 2.99. The van der Waals surface area contributed by atoms with Crippen LogP contribution in [-0.4, -0.2) is 27.6 Å². The topological polar surface area (TPSA) is 61.8 Å². The number of hydrogen-bond donors (Lipinski definition) is 0. The van der Waals surface area contributed by atoms with Crippen molar-refractivity contribution in [1.82, 2.24) is 0 Å². The van der Waals surface area contributed by atoms with Crippen LogP contribution in [-0.2, 0) is 24.2 Å². The second kappa shape index (κ2) is 2.67. The lowest BCUT2D eigenvalue weighted by Crippen LogP contribution is -2.31. The van der Waals surface area contributed by atoms with E-state index < -0.39 is 16.5 Å². The summed E-state index contributed by atoms with van der Waals surface area (Å²) >= 11 is 0. The quantitative estimate of drug-likeness (QED) is 0.565. The fourth-order valence-electron chi connectivity index (χ4n) is 0.725. The van der Waals surface area contributed by atoms with Crippen LogP contribution in [0.15, 0.2) is 0 Å². The lowest BCUT2D eigenvalue weighted by atomic mass is 10.7. The van der Waals surface area contributed by atoms with E-state index in [1.54, 1.807) is 0 Å². The Bertz CT molecular complexity index is 229. The van der Waals surface area contributed by atoms with Gasteiger partial charge in [0.25, 0.3) is 5.97 Å². The molecule has 1 saturated heterocycles. The largest absolute Gasteiger partial charge is 0.442 e. The van der Waals surface area contributed by atoms with Crippen LogP contribution in [0.25, 0.3) is 0 Å². The number of hydrogen-bond acceptors (Lipinski definition) is 5. The van der Waals surface area contributed by atoms with Crippen molar-refractivity contribution in [3.05, 3.63) is 0 Å². The monoisotopic (exact) mass is 186 g/mol. The highest BCUT2D eigenvalue weighted by molar-refractivity contribution is 7.81. The molecule has 0 unspecified atom stereocenters. The van der Waals surface area contributed by atoms with E-state index in [4.69, 9.17) is 0 Å². The number of ether oxygens (including phenoxy) is 2. The highest BCUT2D eigenvalue weighted by atomic mass is 32.3. The predicted octanol–water partition coefficient (Wildman–Crippen LogP) is -0.0622. The summed E-state index contributed by atoms with van der Waals surface area (Å²) in [6, 6.07) is 0. The normalized spacial score (nSPS) is 23.8. The first-order chi connectivity index (χ1) is 4.91. The molecular formula is C4H7FO5S. The molecule has 0 radical (unpaired) electrons. The van der Waals surface area contributed by atoms with Crippen molar-refractivity contribution in [1.29, 1.82) is 0 Å². The lowest BCUT2D eigenvalue weighted by molar-refractivity contribution is -0.271. The Kier molecular flexibility index (Phi) is 2.15. The van der Waals surface area contributed by atoms with Crippen LogP contribution in [0.2, 0.25) is 0 Å². The van der Waals surface area contributed by atoms with Gasteiger partial charge < -0.3 is 9.47 Å². The summed E-state index contributed by atoms with van der Waals surface area (Å²) < 4.78 is 44.9. The van der Waals surface area contributed by atoms with Crippen molar-refractivity contribution in [3.63, 3.8) is 0 Å². The maximum atomic E-state index is 11.9. The molecule has 0 aromatic carbocycles. The predicted molar refractivity (Wildman–Crippen MR) is 31.4 cm³/mol. The van der Waals surface area contributed by atoms with E-state index in [9.17, 15) is 12.3 Å². The molecule has 0 saturated carbocycles. The molecule has 5 nitrogen and oxygen atoms in total. The summed E-state index contributed by atoms with van der Waals surface area (Å²) in [6.45, 7) is 1.55. The Morgan fingerprint density at radius 3 is 2.27 bits per heavy atom. The molecule has 0 atom stereocenters. The van der Waals surface area contributed by atoms with Gasteiger partial charge in [0.1, 0.15) is 0 Å². The van der Waals surface area contributed by atoms with Gasteiger partial charge >= 0.3 is 10.5 Å². The molecule has 1 heterocycles. The highest BCUT2D eigenvalue weighted by Crippen LogP contribution is 2.22. The Balaban J connectivity index is 2.60. The highest BCUT2D eigenvalue weighted by Gasteiger charge is 2.37. The summed E-state index contributed by atoms with van der Waals surface area (Å²) in [5.74, 6) is -1.78. The molecule has 11 heavy (non-hydrogen) atoms. The first kappa shape index (κ1) is 8.85. The minimum absolute atomic E-state index is 0.187. The zero-order valence-corrected chi connectivity index (χ0v) is 6.56. The molecule has 1 aliphatic rings. The van der Waals surface area contributed by atoms with Crippen molar-refractivity contribution in [2.24, 2.45) is 0 Å². The van der Waals surface area contributed by atoms with Gasteiger partial charge in [0.15, 0.2) is 0 Å². The van der Waals surface area contributed by atoms with Gasteiger partial charge in [0.05, 0.1) is 13.2 Å². The average Bonchev–Trinajstić information content (AvgIpc) is 2.09. The molecule has 0 amide bonds. The summed E-state index contributed by atoms with van der Waals surface area (Å²) in [4.78, 5) is 0. The molecule has 1 fully saturated rings. The molecule has 7 heteroatoms. The summed E-state index contributed by atoms with van der Waals surface area (Å²) in [6.07, 6.45) is 0. The van der Waals surface area contributed by atoms with Crippen molar-refractivity contribution in [2.75, 3.05) is 13.2 Å². The summed E-state index contributed by atoms with van der Waals surface area (Å²) in [7, 11) is -5.02. The molecule has 1 rings (SSSR count). The maximum absolute atomic E-state index is 11.9. The van der Waals surface area contributed by atoms with E-state index in [2.05, 4.69) is 13.7 Å². The van der Waals surface area contributed by atoms with Crippen LogP contribution in [0.1, 0.15) is 6.92 Å². The van der Waals surface area contributed by atoms with Crippen molar-refractivity contribution >= 4 is 10.5 Å². The zero-order valence-electron chi connectivity index (χ0n) is 5.74. The van der Waals surface area contributed by atoms with Crippen molar-refractivity contribution < 1.29 is 26.0 Å². The van der Waals surface area contributed by atoms with Crippen LogP contribution in [0.3, 0.4) is 0 Å². The molecule has 0 aromatic rings. The first-order valence-corrected chi connectivity index (χ1v) is 4.15. The van der Waals surface area contributed by atoms with E-state index in [1.165, 1.54) is 6.92 Å². The minimum atomic E-state index is -5.02. The molecule has 66 valence electrons. The molecule has 0 N–H and O–H groups in total. The molecule has 0 spiro atoms. The SMILES string of the molecule is CC1(OS(=O)(=O)F)OCCO1. The van der Waals surface area contributed by atoms with E-state index in [-0.39, 0.29) is 13.2 Å². The fraction of sp³-hybridized carbons (Fsp3) is 1.00. The third-order valence-electron chi connectivity index (χ3n) is 1.06. The van der Waals surface area contributed by atoms with Gasteiger partial charge in [-0.15, -0.1) is 0 Å². The van der Waals surface area contributed by atoms with E-state index in [0.29, 0.717) is 0 Å². The van der Waals surface area contributed by atoms with Crippen LogP contribution in [0.5, 0.6) is 0 Å². The third kappa shape index (κ3) is 2.70. The van der Waals surface area contributed by atoms with E-state index >= 15 is 0 Å². The Morgan fingerprint density at radius 1 is 1.45 bits per heavy atom. The number of rotatable bonds is 2. The van der Waals surface area contributed by atoms with Gasteiger partial charge in [0.2, 0.25) is 0 Å². The van der Waals surface area contributed by atoms with Gasteiger partial charge in [0, 0.05) is 6.92 Å². The standard InChI is InChI=1S/C4H7FO5S/c1-4(8-2-3-9-4)10-11(5,6)7/h2-3H2,1H3. The summed E-state index contributed by atoms with van der Waals surface area (Å²) in [5, 5.41) is 0. The van der Waals surface area contributed by atoms with Crippen LogP contribution < -0.4 is 0 Å². The maximum Gasteiger partial charge on any atom is 0.442 e. The summed E-state index contributed by atoms with van der Waals surface area (Å²) in [5.41, 5.74) is 0. The molecule has 1 aliphatic heterocycles. The Hall–Kier alpha value is -0.240. The van der Waals surface area contributed by atoms with E-state index in [0.717, 1.165) is 0 Å². The average molecular weight is 186 g/mol. The minimum Gasteiger partial charge on any atom is -0.324 e. The zero-order chi connectivity index (χ0) is 8.54. The second-order valence-electron chi connectivity index (χ2n) is 2.04.